The van der Waals surface area contributed by atoms with Gasteiger partial charge in [0, 0.05) is 11.0 Å². The Balaban J connectivity index is 2.13. The van der Waals surface area contributed by atoms with E-state index in [-0.39, 0.29) is 23.6 Å². The molecule has 0 bridgehead atoms. The molecule has 172 valence electrons. The van der Waals surface area contributed by atoms with Crippen molar-refractivity contribution in [1.29, 1.82) is 0 Å². The van der Waals surface area contributed by atoms with Gasteiger partial charge in [-0.25, -0.2) is 0 Å². The summed E-state index contributed by atoms with van der Waals surface area (Å²) in [4.78, 5) is 0. The van der Waals surface area contributed by atoms with Crippen LogP contribution < -0.4 is 10.7 Å². The summed E-state index contributed by atoms with van der Waals surface area (Å²) in [5.41, 5.74) is 4.55. The van der Waals surface area contributed by atoms with Crippen molar-refractivity contribution in [3.8, 4) is 5.75 Å². The van der Waals surface area contributed by atoms with E-state index in [1.54, 1.807) is 0 Å². The zero-order chi connectivity index (χ0) is 23.0. The van der Waals surface area contributed by atoms with E-state index < -0.39 is 0 Å². The second-order valence-corrected chi connectivity index (χ2v) is 11.3. The van der Waals surface area contributed by atoms with E-state index in [0.717, 1.165) is 18.3 Å². The summed E-state index contributed by atoms with van der Waals surface area (Å²) < 4.78 is 6.56. The number of hydrogen-bond acceptors (Lipinski definition) is 3. The predicted octanol–water partition coefficient (Wildman–Crippen LogP) is 6.25. The van der Waals surface area contributed by atoms with Crippen LogP contribution in [0.1, 0.15) is 116 Å². The van der Waals surface area contributed by atoms with E-state index in [4.69, 9.17) is 4.65 Å². The molecule has 2 fully saturated rings. The first-order valence-electron chi connectivity index (χ1n) is 12.4. The molecule has 1 saturated carbocycles. The van der Waals surface area contributed by atoms with Gasteiger partial charge in [-0.05, 0) is 101 Å². The first kappa shape index (κ1) is 24.4. The molecular formula is C27H44BNO2. The highest BCUT2D eigenvalue weighted by Crippen LogP contribution is 2.44. The van der Waals surface area contributed by atoms with Gasteiger partial charge in [0.25, 0.3) is 0 Å². The molecule has 1 aliphatic heterocycles. The number of rotatable bonds is 6. The Morgan fingerprint density at radius 1 is 1.16 bits per heavy atom. The van der Waals surface area contributed by atoms with Gasteiger partial charge in [-0.3, -0.25) is 0 Å². The quantitative estimate of drug-likeness (QED) is 0.418. The maximum Gasteiger partial charge on any atom is 0.420 e. The Morgan fingerprint density at radius 2 is 1.81 bits per heavy atom. The van der Waals surface area contributed by atoms with Gasteiger partial charge in [0.1, 0.15) is 5.75 Å². The second-order valence-electron chi connectivity index (χ2n) is 11.3. The monoisotopic (exact) mass is 425 g/mol. The van der Waals surface area contributed by atoms with Crippen LogP contribution >= 0.6 is 0 Å². The van der Waals surface area contributed by atoms with E-state index in [1.165, 1.54) is 48.8 Å². The number of aromatic hydroxyl groups is 1. The molecule has 2 aliphatic rings. The summed E-state index contributed by atoms with van der Waals surface area (Å²) in [6, 6.07) is 2.03. The van der Waals surface area contributed by atoms with E-state index in [1.807, 2.05) is 6.07 Å². The third kappa shape index (κ3) is 4.62. The summed E-state index contributed by atoms with van der Waals surface area (Å²) >= 11 is 0. The third-order valence-electron chi connectivity index (χ3n) is 8.41. The molecule has 0 radical (unpaired) electrons. The van der Waals surface area contributed by atoms with Crippen molar-refractivity contribution in [1.82, 2.24) is 5.23 Å². The Morgan fingerprint density at radius 3 is 2.35 bits per heavy atom. The normalized spacial score (nSPS) is 23.4. The molecular weight excluding hydrogens is 381 g/mol. The van der Waals surface area contributed by atoms with E-state index in [0.29, 0.717) is 11.7 Å². The Labute approximate surface area is 191 Å². The average Bonchev–Trinajstić information content (AvgIpc) is 2.90. The van der Waals surface area contributed by atoms with Crippen LogP contribution in [0.5, 0.6) is 5.75 Å². The summed E-state index contributed by atoms with van der Waals surface area (Å²) in [6.45, 7) is 17.7. The summed E-state index contributed by atoms with van der Waals surface area (Å²) in [5.74, 6) is 0.804. The van der Waals surface area contributed by atoms with Crippen molar-refractivity contribution in [2.45, 2.75) is 123 Å². The van der Waals surface area contributed by atoms with Gasteiger partial charge in [-0.15, -0.1) is 0 Å². The number of nitrogens with one attached hydrogen (secondary N) is 1. The summed E-state index contributed by atoms with van der Waals surface area (Å²) in [6.07, 6.45) is 12.7. The lowest BCUT2D eigenvalue weighted by molar-refractivity contribution is 0.0749. The van der Waals surface area contributed by atoms with Crippen LogP contribution in [0.3, 0.4) is 0 Å². The van der Waals surface area contributed by atoms with Gasteiger partial charge < -0.3 is 15.0 Å². The molecule has 1 atom stereocenters. The Bertz CT molecular complexity index is 805. The molecule has 2 N–H and O–H groups in total. The highest BCUT2D eigenvalue weighted by atomic mass is 16.5. The fraction of sp³-hybridized carbons (Fsp3) is 0.704. The number of phenolic OH excluding ortho intramolecular Hbond substituents is 1. The number of phenols is 1. The van der Waals surface area contributed by atoms with Gasteiger partial charge in [0.15, 0.2) is 0 Å². The summed E-state index contributed by atoms with van der Waals surface area (Å²) in [7, 11) is -0.287. The lowest BCUT2D eigenvalue weighted by atomic mass is 9.59. The smallest absolute Gasteiger partial charge is 0.420 e. The van der Waals surface area contributed by atoms with Crippen LogP contribution in [0.4, 0.5) is 0 Å². The zero-order valence-electron chi connectivity index (χ0n) is 21.2. The Kier molecular flexibility index (Phi) is 7.03. The van der Waals surface area contributed by atoms with Crippen molar-refractivity contribution in [2.24, 2.45) is 0 Å². The molecule has 1 heterocycles. The maximum atomic E-state index is 11.4. The van der Waals surface area contributed by atoms with Gasteiger partial charge in [0.2, 0.25) is 0 Å². The van der Waals surface area contributed by atoms with Crippen molar-refractivity contribution >= 4 is 12.5 Å². The predicted molar refractivity (Wildman–Crippen MR) is 134 cm³/mol. The van der Waals surface area contributed by atoms with Gasteiger partial charge >= 0.3 is 7.05 Å². The van der Waals surface area contributed by atoms with Crippen LogP contribution in [-0.4, -0.2) is 23.3 Å². The van der Waals surface area contributed by atoms with Crippen molar-refractivity contribution < 1.29 is 9.76 Å². The van der Waals surface area contributed by atoms with Gasteiger partial charge in [0.05, 0.1) is 5.60 Å². The molecule has 1 aliphatic carbocycles. The maximum absolute atomic E-state index is 11.4. The van der Waals surface area contributed by atoms with Crippen LogP contribution in [0, 0.1) is 6.92 Å². The van der Waals surface area contributed by atoms with Crippen LogP contribution in [0.15, 0.2) is 18.2 Å². The minimum Gasteiger partial charge on any atom is -0.508 e. The second kappa shape index (κ2) is 8.94. The van der Waals surface area contributed by atoms with E-state index >= 15 is 0 Å². The van der Waals surface area contributed by atoms with E-state index in [9.17, 15) is 5.11 Å². The molecule has 0 amide bonds. The molecule has 4 heteroatoms. The first-order chi connectivity index (χ1) is 14.4. The van der Waals surface area contributed by atoms with Crippen molar-refractivity contribution in [3.05, 3.63) is 34.9 Å². The minimum absolute atomic E-state index is 0.0795. The molecule has 1 unspecified atom stereocenters. The lowest BCUT2D eigenvalue weighted by Crippen LogP contribution is -2.53. The van der Waals surface area contributed by atoms with Gasteiger partial charge in [-0.1, -0.05) is 45.3 Å². The molecule has 1 saturated heterocycles. The summed E-state index contributed by atoms with van der Waals surface area (Å²) in [5, 5.41) is 15.1. The van der Waals surface area contributed by atoms with Gasteiger partial charge in [-0.2, -0.15) is 0 Å². The standard InChI is InChI=1S/C27H44BNO2/c1-9-10-12-15-19(2)21-18-22(30)24(28-29-25(4,5)26(6,7)31-28)23(20(21)3)27(8)16-13-11-14-17-27/h9-10,18-19,29-30H,11-17H2,1-8H3. The first-order valence-corrected chi connectivity index (χ1v) is 12.4. The highest BCUT2D eigenvalue weighted by molar-refractivity contribution is 6.67. The molecule has 0 spiro atoms. The number of hydrogen-bond donors (Lipinski definition) is 2. The molecule has 3 rings (SSSR count). The molecule has 1 aromatic carbocycles. The molecule has 3 nitrogen and oxygen atoms in total. The molecule has 1 aromatic rings. The fourth-order valence-electron chi connectivity index (χ4n) is 5.72. The van der Waals surface area contributed by atoms with Crippen molar-refractivity contribution in [3.63, 3.8) is 0 Å². The minimum atomic E-state index is -0.318. The Hall–Kier alpha value is -1.26. The lowest BCUT2D eigenvalue weighted by Gasteiger charge is -2.39. The fourth-order valence-corrected chi connectivity index (χ4v) is 5.72. The number of allylic oxidation sites excluding steroid dienone is 2. The van der Waals surface area contributed by atoms with Crippen LogP contribution in [0.25, 0.3) is 0 Å². The highest BCUT2D eigenvalue weighted by Gasteiger charge is 2.52. The van der Waals surface area contributed by atoms with Crippen LogP contribution in [0.2, 0.25) is 0 Å². The zero-order valence-corrected chi connectivity index (χ0v) is 21.2. The van der Waals surface area contributed by atoms with Crippen molar-refractivity contribution in [2.75, 3.05) is 0 Å². The average molecular weight is 425 g/mol. The molecule has 31 heavy (non-hydrogen) atoms. The number of benzene rings is 1. The van der Waals surface area contributed by atoms with Crippen LogP contribution in [-0.2, 0) is 10.1 Å². The SMILES string of the molecule is CC=CCCC(C)c1cc(O)c(B2NC(C)(C)C(C)(C)O2)c(C2(C)CCCCC2)c1C. The third-order valence-corrected chi connectivity index (χ3v) is 8.41. The largest absolute Gasteiger partial charge is 0.508 e. The van der Waals surface area contributed by atoms with E-state index in [2.05, 4.69) is 72.8 Å². The molecule has 0 aromatic heterocycles. The topological polar surface area (TPSA) is 41.5 Å².